The summed E-state index contributed by atoms with van der Waals surface area (Å²) >= 11 is 5.17. The van der Waals surface area contributed by atoms with Crippen LogP contribution in [0.25, 0.3) is 0 Å². The van der Waals surface area contributed by atoms with Gasteiger partial charge in [0.2, 0.25) is 0 Å². The average Bonchev–Trinajstić information content (AvgIpc) is 2.66. The van der Waals surface area contributed by atoms with Gasteiger partial charge in [0.15, 0.2) is 5.11 Å². The van der Waals surface area contributed by atoms with Crippen molar-refractivity contribution >= 4 is 29.3 Å². The molecule has 7 nitrogen and oxygen atoms in total. The summed E-state index contributed by atoms with van der Waals surface area (Å²) in [4.78, 5) is 23.8. The molecule has 4 N–H and O–H groups in total. The van der Waals surface area contributed by atoms with E-state index in [0.717, 1.165) is 18.4 Å². The lowest BCUT2D eigenvalue weighted by atomic mass is 9.96. The van der Waals surface area contributed by atoms with Crippen molar-refractivity contribution in [3.63, 3.8) is 0 Å². The van der Waals surface area contributed by atoms with Crippen LogP contribution in [-0.2, 0) is 16.1 Å². The highest BCUT2D eigenvalue weighted by molar-refractivity contribution is 7.80. The smallest absolute Gasteiger partial charge is 0.408 e. The van der Waals surface area contributed by atoms with E-state index in [2.05, 4.69) is 21.5 Å². The van der Waals surface area contributed by atoms with Crippen molar-refractivity contribution in [1.29, 1.82) is 0 Å². The summed E-state index contributed by atoms with van der Waals surface area (Å²) in [5.41, 5.74) is 6.03. The van der Waals surface area contributed by atoms with Crippen molar-refractivity contribution in [2.75, 3.05) is 0 Å². The first-order valence-corrected chi connectivity index (χ1v) is 9.29. The summed E-state index contributed by atoms with van der Waals surface area (Å²) in [6.45, 7) is 1.72. The molecule has 0 bridgehead atoms. The SMILES string of the molecule is CC(NC(=O)OCc1ccccc1)C(=O)NNC(=S)NC1CCCCC1. The van der Waals surface area contributed by atoms with Crippen LogP contribution in [0, 0.1) is 0 Å². The lowest BCUT2D eigenvalue weighted by Gasteiger charge is -2.24. The van der Waals surface area contributed by atoms with Gasteiger partial charge in [0.1, 0.15) is 12.6 Å². The number of nitrogens with one attached hydrogen (secondary N) is 4. The molecule has 1 unspecified atom stereocenters. The molecule has 0 saturated heterocycles. The number of rotatable bonds is 5. The third kappa shape index (κ3) is 7.26. The van der Waals surface area contributed by atoms with Gasteiger partial charge in [-0.3, -0.25) is 15.6 Å². The fraction of sp³-hybridized carbons (Fsp3) is 0.500. The van der Waals surface area contributed by atoms with Gasteiger partial charge in [-0.2, -0.15) is 0 Å². The monoisotopic (exact) mass is 378 g/mol. The number of hydrogen-bond acceptors (Lipinski definition) is 4. The van der Waals surface area contributed by atoms with E-state index >= 15 is 0 Å². The molecular weight excluding hydrogens is 352 g/mol. The van der Waals surface area contributed by atoms with E-state index in [4.69, 9.17) is 17.0 Å². The molecule has 1 atom stereocenters. The largest absolute Gasteiger partial charge is 0.445 e. The Hall–Kier alpha value is -2.35. The van der Waals surface area contributed by atoms with Gasteiger partial charge in [0.05, 0.1) is 0 Å². The normalized spacial score (nSPS) is 15.4. The molecule has 142 valence electrons. The van der Waals surface area contributed by atoms with Crippen molar-refractivity contribution in [3.05, 3.63) is 35.9 Å². The molecule has 8 heteroatoms. The van der Waals surface area contributed by atoms with Gasteiger partial charge in [0.25, 0.3) is 5.91 Å². The Morgan fingerprint density at radius 2 is 1.85 bits per heavy atom. The van der Waals surface area contributed by atoms with E-state index in [0.29, 0.717) is 11.2 Å². The highest BCUT2D eigenvalue weighted by Gasteiger charge is 2.18. The van der Waals surface area contributed by atoms with Crippen LogP contribution in [0.3, 0.4) is 0 Å². The van der Waals surface area contributed by atoms with Crippen LogP contribution in [0.15, 0.2) is 30.3 Å². The van der Waals surface area contributed by atoms with E-state index < -0.39 is 18.0 Å². The van der Waals surface area contributed by atoms with Gasteiger partial charge in [-0.1, -0.05) is 49.6 Å². The lowest BCUT2D eigenvalue weighted by molar-refractivity contribution is -0.123. The van der Waals surface area contributed by atoms with E-state index in [1.54, 1.807) is 6.92 Å². The van der Waals surface area contributed by atoms with E-state index in [-0.39, 0.29) is 6.61 Å². The lowest BCUT2D eigenvalue weighted by Crippen LogP contribution is -2.54. The molecule has 0 spiro atoms. The van der Waals surface area contributed by atoms with Crippen LogP contribution < -0.4 is 21.5 Å². The molecule has 0 aromatic heterocycles. The molecule has 1 fully saturated rings. The number of carbonyl (C=O) groups excluding carboxylic acids is 2. The van der Waals surface area contributed by atoms with Gasteiger partial charge >= 0.3 is 6.09 Å². The highest BCUT2D eigenvalue weighted by Crippen LogP contribution is 2.17. The van der Waals surface area contributed by atoms with Crippen molar-refractivity contribution in [3.8, 4) is 0 Å². The molecule has 1 saturated carbocycles. The second-order valence-electron chi connectivity index (χ2n) is 6.35. The zero-order valence-electron chi connectivity index (χ0n) is 14.9. The van der Waals surface area contributed by atoms with Gasteiger partial charge in [0, 0.05) is 6.04 Å². The van der Waals surface area contributed by atoms with Crippen molar-refractivity contribution in [2.45, 2.75) is 57.7 Å². The average molecular weight is 378 g/mol. The minimum Gasteiger partial charge on any atom is -0.445 e. The molecule has 1 aromatic rings. The summed E-state index contributed by atoms with van der Waals surface area (Å²) in [6.07, 6.45) is 5.16. The number of benzene rings is 1. The molecule has 1 aliphatic carbocycles. The van der Waals surface area contributed by atoms with E-state index in [9.17, 15) is 9.59 Å². The van der Waals surface area contributed by atoms with Crippen LogP contribution in [0.5, 0.6) is 0 Å². The Kier molecular flexibility index (Phi) is 8.14. The van der Waals surface area contributed by atoms with Crippen molar-refractivity contribution in [1.82, 2.24) is 21.5 Å². The molecule has 26 heavy (non-hydrogen) atoms. The van der Waals surface area contributed by atoms with Crippen LogP contribution in [-0.4, -0.2) is 29.2 Å². The number of hydrogen-bond donors (Lipinski definition) is 4. The molecular formula is C18H26N4O3S. The van der Waals surface area contributed by atoms with E-state index in [1.165, 1.54) is 19.3 Å². The minimum absolute atomic E-state index is 0.147. The fourth-order valence-corrected chi connectivity index (χ4v) is 2.92. The van der Waals surface area contributed by atoms with Gasteiger partial charge in [-0.05, 0) is 37.5 Å². The maximum absolute atomic E-state index is 12.0. The predicted octanol–water partition coefficient (Wildman–Crippen LogP) is 2.13. The van der Waals surface area contributed by atoms with E-state index in [1.807, 2.05) is 30.3 Å². The molecule has 0 radical (unpaired) electrons. The van der Waals surface area contributed by atoms with Crippen LogP contribution >= 0.6 is 12.2 Å². The van der Waals surface area contributed by atoms with Gasteiger partial charge < -0.3 is 15.4 Å². The Bertz CT molecular complexity index is 606. The first-order chi connectivity index (χ1) is 12.5. The van der Waals surface area contributed by atoms with Gasteiger partial charge in [-0.25, -0.2) is 4.79 Å². The fourth-order valence-electron chi connectivity index (χ4n) is 2.70. The summed E-state index contributed by atoms with van der Waals surface area (Å²) < 4.78 is 5.09. The summed E-state index contributed by atoms with van der Waals surface area (Å²) in [5.74, 6) is -0.408. The second kappa shape index (κ2) is 10.6. The standard InChI is InChI=1S/C18H26N4O3S/c1-13(19-18(24)25-12-14-8-4-2-5-9-14)16(23)21-22-17(26)20-15-10-6-3-7-11-15/h2,4-5,8-9,13,15H,3,6-7,10-12H2,1H3,(H,19,24)(H,21,23)(H2,20,22,26). The Morgan fingerprint density at radius 3 is 2.54 bits per heavy atom. The molecule has 1 aromatic carbocycles. The van der Waals surface area contributed by atoms with Crippen molar-refractivity contribution < 1.29 is 14.3 Å². The predicted molar refractivity (Wildman–Crippen MR) is 103 cm³/mol. The third-order valence-electron chi connectivity index (χ3n) is 4.18. The quantitative estimate of drug-likeness (QED) is 0.463. The number of hydrazine groups is 1. The molecule has 0 heterocycles. The van der Waals surface area contributed by atoms with Gasteiger partial charge in [-0.15, -0.1) is 0 Å². The number of carbonyl (C=O) groups is 2. The van der Waals surface area contributed by atoms with Crippen LogP contribution in [0.4, 0.5) is 4.79 Å². The first kappa shape index (κ1) is 20.0. The zero-order chi connectivity index (χ0) is 18.8. The minimum atomic E-state index is -0.761. The zero-order valence-corrected chi connectivity index (χ0v) is 15.7. The first-order valence-electron chi connectivity index (χ1n) is 8.88. The number of ether oxygens (including phenoxy) is 1. The van der Waals surface area contributed by atoms with Crippen molar-refractivity contribution in [2.24, 2.45) is 0 Å². The second-order valence-corrected chi connectivity index (χ2v) is 6.76. The Morgan fingerprint density at radius 1 is 1.15 bits per heavy atom. The third-order valence-corrected chi connectivity index (χ3v) is 4.40. The van der Waals surface area contributed by atoms with Crippen LogP contribution in [0.2, 0.25) is 0 Å². The number of thiocarbonyl (C=S) groups is 1. The summed E-state index contributed by atoms with van der Waals surface area (Å²) in [7, 11) is 0. The maximum atomic E-state index is 12.0. The Labute approximate surface area is 159 Å². The molecule has 0 aliphatic heterocycles. The van der Waals surface area contributed by atoms with Crippen LogP contribution in [0.1, 0.15) is 44.6 Å². The summed E-state index contributed by atoms with van der Waals surface area (Å²) in [5, 5.41) is 6.04. The summed E-state index contributed by atoms with van der Waals surface area (Å²) in [6, 6.07) is 8.91. The number of alkyl carbamates (subject to hydrolysis) is 1. The maximum Gasteiger partial charge on any atom is 0.408 e. The highest BCUT2D eigenvalue weighted by atomic mass is 32.1. The molecule has 2 amide bonds. The Balaban J connectivity index is 1.63. The molecule has 1 aliphatic rings. The molecule has 2 rings (SSSR count). The number of amides is 2. The topological polar surface area (TPSA) is 91.5 Å².